The van der Waals surface area contributed by atoms with Gasteiger partial charge in [0.15, 0.2) is 0 Å². The number of urea groups is 1. The van der Waals surface area contributed by atoms with Gasteiger partial charge in [-0.15, -0.1) is 0 Å². The van der Waals surface area contributed by atoms with Crippen molar-refractivity contribution < 1.29 is 23.1 Å². The molecule has 0 bridgehead atoms. The minimum absolute atomic E-state index is 0.168. The molecule has 2 amide bonds. The van der Waals surface area contributed by atoms with Crippen molar-refractivity contribution >= 4 is 6.03 Å². The minimum Gasteiger partial charge on any atom is -0.395 e. The molecule has 4 nitrogen and oxygen atoms in total. The zero-order valence-corrected chi connectivity index (χ0v) is 9.94. The molecule has 0 aliphatic carbocycles. The SMILES string of the molecule is O=C1NC(c2cccc(C(F)(F)F)c2)CN1CCO. The van der Waals surface area contributed by atoms with Crippen molar-refractivity contribution in [3.8, 4) is 0 Å². The first-order chi connectivity index (χ1) is 8.91. The van der Waals surface area contributed by atoms with Gasteiger partial charge >= 0.3 is 12.2 Å². The number of β-amino-alcohol motifs (C(OH)–C–C–N with tert-alkyl or cyclic N) is 1. The zero-order valence-electron chi connectivity index (χ0n) is 9.94. The summed E-state index contributed by atoms with van der Waals surface area (Å²) in [6.45, 7) is 0.241. The molecule has 1 unspecified atom stereocenters. The van der Waals surface area contributed by atoms with E-state index in [1.54, 1.807) is 6.07 Å². The Morgan fingerprint density at radius 2 is 2.16 bits per heavy atom. The van der Waals surface area contributed by atoms with E-state index in [9.17, 15) is 18.0 Å². The lowest BCUT2D eigenvalue weighted by Crippen LogP contribution is -2.30. The Morgan fingerprint density at radius 3 is 2.79 bits per heavy atom. The highest BCUT2D eigenvalue weighted by Crippen LogP contribution is 2.31. The number of nitrogens with one attached hydrogen (secondary N) is 1. The molecule has 2 N–H and O–H groups in total. The number of alkyl halides is 3. The topological polar surface area (TPSA) is 52.6 Å². The molecule has 1 aromatic carbocycles. The predicted octanol–water partition coefficient (Wildman–Crippen LogP) is 1.76. The second kappa shape index (κ2) is 5.08. The maximum absolute atomic E-state index is 12.6. The van der Waals surface area contributed by atoms with Crippen molar-refractivity contribution in [2.45, 2.75) is 12.2 Å². The fourth-order valence-electron chi connectivity index (χ4n) is 2.02. The summed E-state index contributed by atoms with van der Waals surface area (Å²) in [5, 5.41) is 11.4. The summed E-state index contributed by atoms with van der Waals surface area (Å²) in [5.41, 5.74) is -0.330. The van der Waals surface area contributed by atoms with Gasteiger partial charge in [0.1, 0.15) is 0 Å². The second-order valence-corrected chi connectivity index (χ2v) is 4.29. The van der Waals surface area contributed by atoms with E-state index in [4.69, 9.17) is 5.11 Å². The van der Waals surface area contributed by atoms with E-state index in [2.05, 4.69) is 5.32 Å². The number of aliphatic hydroxyl groups excluding tert-OH is 1. The van der Waals surface area contributed by atoms with Crippen molar-refractivity contribution in [3.05, 3.63) is 35.4 Å². The number of rotatable bonds is 3. The molecule has 1 aliphatic heterocycles. The largest absolute Gasteiger partial charge is 0.416 e. The molecular weight excluding hydrogens is 261 g/mol. The standard InChI is InChI=1S/C12H13F3N2O2/c13-12(14,15)9-3-1-2-8(6-9)10-7-17(4-5-18)11(19)16-10/h1-3,6,10,18H,4-5,7H2,(H,16,19). The van der Waals surface area contributed by atoms with Gasteiger partial charge in [0.25, 0.3) is 0 Å². The monoisotopic (exact) mass is 274 g/mol. The molecule has 0 saturated carbocycles. The highest BCUT2D eigenvalue weighted by Gasteiger charge is 2.33. The number of benzene rings is 1. The van der Waals surface area contributed by atoms with Crippen LogP contribution in [0, 0.1) is 0 Å². The van der Waals surface area contributed by atoms with Gasteiger partial charge in [-0.25, -0.2) is 4.79 Å². The zero-order chi connectivity index (χ0) is 14.0. The number of nitrogens with zero attached hydrogens (tertiary/aromatic N) is 1. The van der Waals surface area contributed by atoms with Crippen molar-refractivity contribution in [3.63, 3.8) is 0 Å². The second-order valence-electron chi connectivity index (χ2n) is 4.29. The van der Waals surface area contributed by atoms with Crippen LogP contribution in [0.3, 0.4) is 0 Å². The smallest absolute Gasteiger partial charge is 0.395 e. The van der Waals surface area contributed by atoms with Crippen LogP contribution in [0.25, 0.3) is 0 Å². The quantitative estimate of drug-likeness (QED) is 0.882. The molecule has 1 aromatic rings. The van der Waals surface area contributed by atoms with Crippen molar-refractivity contribution in [1.82, 2.24) is 10.2 Å². The van der Waals surface area contributed by atoms with Crippen LogP contribution in [0.2, 0.25) is 0 Å². The highest BCUT2D eigenvalue weighted by molar-refractivity contribution is 5.77. The Morgan fingerprint density at radius 1 is 1.42 bits per heavy atom. The molecule has 0 spiro atoms. The van der Waals surface area contributed by atoms with Gasteiger partial charge in [-0.3, -0.25) is 0 Å². The van der Waals surface area contributed by atoms with Crippen LogP contribution < -0.4 is 5.32 Å². The third kappa shape index (κ3) is 2.98. The lowest BCUT2D eigenvalue weighted by atomic mass is 10.0. The van der Waals surface area contributed by atoms with Gasteiger partial charge < -0.3 is 15.3 Å². The summed E-state index contributed by atoms with van der Waals surface area (Å²) in [6, 6.07) is 4.03. The van der Waals surface area contributed by atoms with Gasteiger partial charge in [0.2, 0.25) is 0 Å². The Kier molecular flexibility index (Phi) is 3.66. The summed E-state index contributed by atoms with van der Waals surface area (Å²) in [4.78, 5) is 12.9. The van der Waals surface area contributed by atoms with Gasteiger partial charge in [0.05, 0.1) is 18.2 Å². The van der Waals surface area contributed by atoms with Crippen LogP contribution >= 0.6 is 0 Å². The maximum atomic E-state index is 12.6. The van der Waals surface area contributed by atoms with E-state index in [1.807, 2.05) is 0 Å². The van der Waals surface area contributed by atoms with Crippen LogP contribution in [0.15, 0.2) is 24.3 Å². The fourth-order valence-corrected chi connectivity index (χ4v) is 2.02. The van der Waals surface area contributed by atoms with Crippen LogP contribution in [0.5, 0.6) is 0 Å². The number of carbonyl (C=O) groups excluding carboxylic acids is 1. The van der Waals surface area contributed by atoms with Gasteiger partial charge in [-0.1, -0.05) is 12.1 Å². The van der Waals surface area contributed by atoms with Crippen LogP contribution in [0.1, 0.15) is 17.2 Å². The maximum Gasteiger partial charge on any atom is 0.416 e. The Hall–Kier alpha value is -1.76. The summed E-state index contributed by atoms with van der Waals surface area (Å²) in [5.74, 6) is 0. The molecule has 0 aromatic heterocycles. The molecule has 7 heteroatoms. The molecule has 104 valence electrons. The van der Waals surface area contributed by atoms with E-state index in [1.165, 1.54) is 11.0 Å². The van der Waals surface area contributed by atoms with Gasteiger partial charge in [0, 0.05) is 13.1 Å². The first-order valence-corrected chi connectivity index (χ1v) is 5.75. The number of hydrogen-bond donors (Lipinski definition) is 2. The van der Waals surface area contributed by atoms with Crippen LogP contribution in [-0.2, 0) is 6.18 Å². The molecule has 0 radical (unpaired) electrons. The van der Waals surface area contributed by atoms with Crippen LogP contribution in [0.4, 0.5) is 18.0 Å². The van der Waals surface area contributed by atoms with Gasteiger partial charge in [-0.05, 0) is 17.7 Å². The highest BCUT2D eigenvalue weighted by atomic mass is 19.4. The Labute approximate surface area is 107 Å². The predicted molar refractivity (Wildman–Crippen MR) is 61.4 cm³/mol. The summed E-state index contributed by atoms with van der Waals surface area (Å²) < 4.78 is 37.8. The molecule has 2 rings (SSSR count). The van der Waals surface area contributed by atoms with E-state index in [0.717, 1.165) is 12.1 Å². The summed E-state index contributed by atoms with van der Waals surface area (Å²) >= 11 is 0. The minimum atomic E-state index is -4.40. The normalized spacial score (nSPS) is 19.7. The van der Waals surface area contributed by atoms with E-state index >= 15 is 0 Å². The number of halogens is 3. The average Bonchev–Trinajstić information content (AvgIpc) is 2.71. The number of hydrogen-bond acceptors (Lipinski definition) is 2. The molecule has 1 atom stereocenters. The third-order valence-corrected chi connectivity index (χ3v) is 2.97. The molecule has 19 heavy (non-hydrogen) atoms. The molecule has 1 aliphatic rings. The number of aliphatic hydroxyl groups is 1. The number of amides is 2. The molecule has 1 heterocycles. The summed E-state index contributed by atoms with van der Waals surface area (Å²) in [7, 11) is 0. The summed E-state index contributed by atoms with van der Waals surface area (Å²) in [6.07, 6.45) is -4.40. The van der Waals surface area contributed by atoms with Gasteiger partial charge in [-0.2, -0.15) is 13.2 Å². The first kappa shape index (κ1) is 13.7. The third-order valence-electron chi connectivity index (χ3n) is 2.97. The van der Waals surface area contributed by atoms with E-state index in [-0.39, 0.29) is 25.7 Å². The lowest BCUT2D eigenvalue weighted by molar-refractivity contribution is -0.137. The molecule has 1 saturated heterocycles. The van der Waals surface area contributed by atoms with Crippen molar-refractivity contribution in [1.29, 1.82) is 0 Å². The van der Waals surface area contributed by atoms with E-state index < -0.39 is 17.8 Å². The fraction of sp³-hybridized carbons (Fsp3) is 0.417. The number of carbonyl (C=O) groups is 1. The molecular formula is C12H13F3N2O2. The lowest BCUT2D eigenvalue weighted by Gasteiger charge is -2.14. The van der Waals surface area contributed by atoms with E-state index in [0.29, 0.717) is 5.56 Å². The molecule has 1 fully saturated rings. The van der Waals surface area contributed by atoms with Crippen molar-refractivity contribution in [2.24, 2.45) is 0 Å². The van der Waals surface area contributed by atoms with Crippen LogP contribution in [-0.4, -0.2) is 35.7 Å². The average molecular weight is 274 g/mol. The first-order valence-electron chi connectivity index (χ1n) is 5.75. The Balaban J connectivity index is 2.18. The Bertz CT molecular complexity index is 476. The van der Waals surface area contributed by atoms with Crippen molar-refractivity contribution in [2.75, 3.05) is 19.7 Å².